The molecule has 1 aromatic rings. The molecule has 1 aliphatic rings. The number of carbonyl (C=O) groups excluding carboxylic acids is 2. The lowest BCUT2D eigenvalue weighted by atomic mass is 10.1. The molecule has 2 N–H and O–H groups in total. The summed E-state index contributed by atoms with van der Waals surface area (Å²) in [5, 5.41) is 0. The molecule has 0 atom stereocenters. The van der Waals surface area contributed by atoms with Crippen molar-refractivity contribution >= 4 is 11.8 Å². The minimum atomic E-state index is -0.363. The average molecular weight is 276 g/mol. The Kier molecular flexibility index (Phi) is 4.98. The Hall–Kier alpha value is -2.04. The van der Waals surface area contributed by atoms with Crippen LogP contribution in [0.5, 0.6) is 5.75 Å². The monoisotopic (exact) mass is 276 g/mol. The van der Waals surface area contributed by atoms with E-state index >= 15 is 0 Å². The second-order valence-corrected chi connectivity index (χ2v) is 5.12. The van der Waals surface area contributed by atoms with Gasteiger partial charge in [-0.15, -0.1) is 0 Å². The van der Waals surface area contributed by atoms with Gasteiger partial charge < -0.3 is 4.74 Å². The van der Waals surface area contributed by atoms with Crippen LogP contribution in [0.3, 0.4) is 0 Å². The molecule has 108 valence electrons. The first-order valence-corrected chi connectivity index (χ1v) is 6.93. The molecule has 1 aromatic carbocycles. The van der Waals surface area contributed by atoms with Gasteiger partial charge in [0.1, 0.15) is 5.75 Å². The van der Waals surface area contributed by atoms with Crippen LogP contribution in [0.1, 0.15) is 31.2 Å². The zero-order chi connectivity index (χ0) is 14.4. The van der Waals surface area contributed by atoms with Crippen LogP contribution in [0.25, 0.3) is 0 Å². The van der Waals surface area contributed by atoms with Crippen LogP contribution in [-0.4, -0.2) is 18.4 Å². The summed E-state index contributed by atoms with van der Waals surface area (Å²) in [6.07, 6.45) is 3.98. The molecule has 2 rings (SSSR count). The Labute approximate surface area is 118 Å². The molecule has 5 nitrogen and oxygen atoms in total. The second-order valence-electron chi connectivity index (χ2n) is 5.12. The molecular weight excluding hydrogens is 256 g/mol. The number of hydrogen-bond donors (Lipinski definition) is 2. The predicted molar refractivity (Wildman–Crippen MR) is 74.9 cm³/mol. The molecule has 1 aliphatic carbocycles. The standard InChI is InChI=1S/C15H20N2O3/c1-11-5-4-8-13(9-11)20-10-14(18)16-17-15(19)12-6-2-3-7-12/h4-5,8-9,12H,2-3,6-7,10H2,1H3,(H,16,18)(H,17,19). The summed E-state index contributed by atoms with van der Waals surface area (Å²) < 4.78 is 5.34. The fourth-order valence-corrected chi connectivity index (χ4v) is 2.31. The van der Waals surface area contributed by atoms with E-state index in [9.17, 15) is 9.59 Å². The summed E-state index contributed by atoms with van der Waals surface area (Å²) >= 11 is 0. The van der Waals surface area contributed by atoms with E-state index in [1.54, 1.807) is 6.07 Å². The SMILES string of the molecule is Cc1cccc(OCC(=O)NNC(=O)C2CCCC2)c1. The molecule has 20 heavy (non-hydrogen) atoms. The van der Waals surface area contributed by atoms with Crippen molar-refractivity contribution in [3.05, 3.63) is 29.8 Å². The Morgan fingerprint density at radius 3 is 2.70 bits per heavy atom. The third kappa shape index (κ3) is 4.26. The average Bonchev–Trinajstić information content (AvgIpc) is 2.97. The van der Waals surface area contributed by atoms with Gasteiger partial charge in [-0.3, -0.25) is 20.4 Å². The van der Waals surface area contributed by atoms with Crippen molar-refractivity contribution in [2.24, 2.45) is 5.92 Å². The van der Waals surface area contributed by atoms with E-state index in [2.05, 4.69) is 10.9 Å². The van der Waals surface area contributed by atoms with Gasteiger partial charge in [0.2, 0.25) is 5.91 Å². The normalized spacial score (nSPS) is 14.8. The highest BCUT2D eigenvalue weighted by Crippen LogP contribution is 2.24. The number of ether oxygens (including phenoxy) is 1. The van der Waals surface area contributed by atoms with Gasteiger partial charge in [-0.1, -0.05) is 25.0 Å². The Morgan fingerprint density at radius 2 is 2.00 bits per heavy atom. The van der Waals surface area contributed by atoms with E-state index in [1.807, 2.05) is 25.1 Å². The number of rotatable bonds is 4. The number of hydrazine groups is 1. The van der Waals surface area contributed by atoms with Gasteiger partial charge in [0.15, 0.2) is 6.61 Å². The summed E-state index contributed by atoms with van der Waals surface area (Å²) in [5.41, 5.74) is 5.90. The third-order valence-corrected chi connectivity index (χ3v) is 3.41. The molecule has 5 heteroatoms. The minimum Gasteiger partial charge on any atom is -0.484 e. The highest BCUT2D eigenvalue weighted by Gasteiger charge is 2.22. The quantitative estimate of drug-likeness (QED) is 0.823. The van der Waals surface area contributed by atoms with Crippen LogP contribution in [0, 0.1) is 12.8 Å². The second kappa shape index (κ2) is 6.93. The molecule has 0 heterocycles. The van der Waals surface area contributed by atoms with Crippen LogP contribution in [0.4, 0.5) is 0 Å². The maximum Gasteiger partial charge on any atom is 0.276 e. The summed E-state index contributed by atoms with van der Waals surface area (Å²) in [7, 11) is 0. The summed E-state index contributed by atoms with van der Waals surface area (Å²) in [6.45, 7) is 1.84. The van der Waals surface area contributed by atoms with E-state index in [4.69, 9.17) is 4.74 Å². The van der Waals surface area contributed by atoms with Gasteiger partial charge in [-0.05, 0) is 37.5 Å². The molecule has 1 fully saturated rings. The zero-order valence-electron chi connectivity index (χ0n) is 11.6. The lowest BCUT2D eigenvalue weighted by Gasteiger charge is -2.12. The molecule has 0 aromatic heterocycles. The van der Waals surface area contributed by atoms with Crippen LogP contribution in [0.15, 0.2) is 24.3 Å². The highest BCUT2D eigenvalue weighted by atomic mass is 16.5. The van der Waals surface area contributed by atoms with E-state index in [0.29, 0.717) is 5.75 Å². The van der Waals surface area contributed by atoms with Gasteiger partial charge in [-0.2, -0.15) is 0 Å². The Morgan fingerprint density at radius 1 is 1.25 bits per heavy atom. The van der Waals surface area contributed by atoms with Crippen LogP contribution < -0.4 is 15.6 Å². The van der Waals surface area contributed by atoms with Crippen molar-refractivity contribution in [2.75, 3.05) is 6.61 Å². The molecule has 1 saturated carbocycles. The first-order valence-electron chi connectivity index (χ1n) is 6.93. The van der Waals surface area contributed by atoms with Crippen molar-refractivity contribution in [1.29, 1.82) is 0 Å². The summed E-state index contributed by atoms with van der Waals surface area (Å²) in [5.74, 6) is 0.208. The maximum atomic E-state index is 11.7. The lowest BCUT2D eigenvalue weighted by Crippen LogP contribution is -2.45. The fraction of sp³-hybridized carbons (Fsp3) is 0.467. The number of benzene rings is 1. The summed E-state index contributed by atoms with van der Waals surface area (Å²) in [4.78, 5) is 23.3. The molecular formula is C15H20N2O3. The molecule has 2 amide bonds. The minimum absolute atomic E-state index is 0.0352. The van der Waals surface area contributed by atoms with Gasteiger partial charge in [0, 0.05) is 5.92 Å². The summed E-state index contributed by atoms with van der Waals surface area (Å²) in [6, 6.07) is 7.46. The fourth-order valence-electron chi connectivity index (χ4n) is 2.31. The Balaban J connectivity index is 1.69. The van der Waals surface area contributed by atoms with E-state index < -0.39 is 0 Å². The number of aryl methyl sites for hydroxylation is 1. The van der Waals surface area contributed by atoms with Crippen LogP contribution in [0.2, 0.25) is 0 Å². The number of carbonyl (C=O) groups is 2. The topological polar surface area (TPSA) is 67.4 Å². The van der Waals surface area contributed by atoms with E-state index in [0.717, 1.165) is 31.2 Å². The molecule has 0 spiro atoms. The van der Waals surface area contributed by atoms with Crippen molar-refractivity contribution in [1.82, 2.24) is 10.9 Å². The maximum absolute atomic E-state index is 11.7. The van der Waals surface area contributed by atoms with E-state index in [1.165, 1.54) is 0 Å². The Bertz CT molecular complexity index is 482. The number of hydrogen-bond acceptors (Lipinski definition) is 3. The third-order valence-electron chi connectivity index (χ3n) is 3.41. The van der Waals surface area contributed by atoms with Crippen molar-refractivity contribution in [3.63, 3.8) is 0 Å². The molecule has 0 unspecified atom stereocenters. The van der Waals surface area contributed by atoms with Crippen molar-refractivity contribution in [2.45, 2.75) is 32.6 Å². The smallest absolute Gasteiger partial charge is 0.276 e. The van der Waals surface area contributed by atoms with Gasteiger partial charge >= 0.3 is 0 Å². The van der Waals surface area contributed by atoms with Crippen LogP contribution >= 0.6 is 0 Å². The van der Waals surface area contributed by atoms with E-state index in [-0.39, 0.29) is 24.3 Å². The lowest BCUT2D eigenvalue weighted by molar-refractivity contribution is -0.132. The van der Waals surface area contributed by atoms with Crippen molar-refractivity contribution < 1.29 is 14.3 Å². The highest BCUT2D eigenvalue weighted by molar-refractivity contribution is 5.84. The largest absolute Gasteiger partial charge is 0.484 e. The number of nitrogens with one attached hydrogen (secondary N) is 2. The van der Waals surface area contributed by atoms with Crippen LogP contribution in [-0.2, 0) is 9.59 Å². The first kappa shape index (κ1) is 14.4. The van der Waals surface area contributed by atoms with Crippen molar-refractivity contribution in [3.8, 4) is 5.75 Å². The molecule has 0 bridgehead atoms. The zero-order valence-corrected chi connectivity index (χ0v) is 11.6. The molecule has 0 saturated heterocycles. The number of amides is 2. The van der Waals surface area contributed by atoms with Gasteiger partial charge in [0.25, 0.3) is 5.91 Å². The van der Waals surface area contributed by atoms with Gasteiger partial charge in [0.05, 0.1) is 0 Å². The molecule has 0 radical (unpaired) electrons. The first-order chi connectivity index (χ1) is 9.65. The van der Waals surface area contributed by atoms with Gasteiger partial charge in [-0.25, -0.2) is 0 Å². The predicted octanol–water partition coefficient (Wildman–Crippen LogP) is 1.71. The molecule has 0 aliphatic heterocycles.